The van der Waals surface area contributed by atoms with Gasteiger partial charge in [-0.15, -0.1) is 0 Å². The normalized spacial score (nSPS) is 18.3. The molecule has 1 atom stereocenters. The summed E-state index contributed by atoms with van der Waals surface area (Å²) in [5, 5.41) is 14.2. The van der Waals surface area contributed by atoms with Gasteiger partial charge < -0.3 is 5.11 Å². The van der Waals surface area contributed by atoms with Crippen molar-refractivity contribution in [3.05, 3.63) is 11.8 Å². The summed E-state index contributed by atoms with van der Waals surface area (Å²) in [6.45, 7) is 1.79. The fourth-order valence-corrected chi connectivity index (χ4v) is 3.37. The number of hydrogen-bond donors (Lipinski definition) is 3. The van der Waals surface area contributed by atoms with Crippen LogP contribution >= 0.6 is 0 Å². The smallest absolute Gasteiger partial charge is 0.340 e. The molecule has 0 bridgehead atoms. The van der Waals surface area contributed by atoms with Gasteiger partial charge in [0.25, 0.3) is 10.0 Å². The number of aromatic amines is 1. The largest absolute Gasteiger partial charge is 0.478 e. The first-order valence-corrected chi connectivity index (χ1v) is 7.19. The van der Waals surface area contributed by atoms with Crippen molar-refractivity contribution in [3.63, 3.8) is 0 Å². The zero-order valence-corrected chi connectivity index (χ0v) is 10.7. The molecule has 100 valence electrons. The number of hydrogen-bond acceptors (Lipinski definition) is 4. The lowest BCUT2D eigenvalue weighted by molar-refractivity contribution is 0.0692. The highest BCUT2D eigenvalue weighted by atomic mass is 32.2. The Morgan fingerprint density at radius 3 is 2.78 bits per heavy atom. The lowest BCUT2D eigenvalue weighted by Gasteiger charge is -2.31. The number of sulfonamides is 1. The van der Waals surface area contributed by atoms with E-state index in [-0.39, 0.29) is 16.6 Å². The maximum atomic E-state index is 12.0. The molecule has 1 unspecified atom stereocenters. The molecule has 0 aliphatic heterocycles. The van der Waals surface area contributed by atoms with Gasteiger partial charge >= 0.3 is 5.97 Å². The van der Waals surface area contributed by atoms with E-state index in [1.165, 1.54) is 0 Å². The van der Waals surface area contributed by atoms with Crippen LogP contribution < -0.4 is 4.72 Å². The maximum Gasteiger partial charge on any atom is 0.340 e. The summed E-state index contributed by atoms with van der Waals surface area (Å²) in [7, 11) is -3.86. The predicted octanol–water partition coefficient (Wildman–Crippen LogP) is 0.575. The molecule has 0 saturated heterocycles. The van der Waals surface area contributed by atoms with E-state index >= 15 is 0 Å². The van der Waals surface area contributed by atoms with Gasteiger partial charge in [-0.25, -0.2) is 17.9 Å². The van der Waals surface area contributed by atoms with Crippen molar-refractivity contribution in [1.82, 2.24) is 14.9 Å². The van der Waals surface area contributed by atoms with Crippen molar-refractivity contribution < 1.29 is 18.3 Å². The van der Waals surface area contributed by atoms with Gasteiger partial charge in [-0.1, -0.05) is 6.42 Å². The predicted molar refractivity (Wildman–Crippen MR) is 62.7 cm³/mol. The van der Waals surface area contributed by atoms with Gasteiger partial charge in [0.1, 0.15) is 5.56 Å². The molecule has 1 saturated carbocycles. The molecule has 7 nitrogen and oxygen atoms in total. The minimum Gasteiger partial charge on any atom is -0.478 e. The van der Waals surface area contributed by atoms with Crippen LogP contribution in [0, 0.1) is 5.92 Å². The molecule has 2 rings (SSSR count). The lowest BCUT2D eigenvalue weighted by Crippen LogP contribution is -2.41. The monoisotopic (exact) mass is 273 g/mol. The number of rotatable bonds is 5. The number of carboxylic acid groups (broad SMARTS) is 1. The molecule has 0 spiro atoms. The molecule has 1 aliphatic carbocycles. The Morgan fingerprint density at radius 2 is 2.28 bits per heavy atom. The average molecular weight is 273 g/mol. The minimum absolute atomic E-state index is 0.200. The standard InChI is InChI=1S/C10H15N3O4S/c1-6(7-3-2-4-7)13-18(16,17)9-8(10(14)15)5-11-12-9/h5-7,13H,2-4H2,1H3,(H,11,12)(H,14,15). The highest BCUT2D eigenvalue weighted by Gasteiger charge is 2.31. The van der Waals surface area contributed by atoms with Crippen LogP contribution in [-0.2, 0) is 10.0 Å². The van der Waals surface area contributed by atoms with Gasteiger partial charge in [0.05, 0.1) is 6.20 Å². The van der Waals surface area contributed by atoms with Crippen molar-refractivity contribution in [3.8, 4) is 0 Å². The molecule has 1 fully saturated rings. The van der Waals surface area contributed by atoms with Crippen LogP contribution in [0.5, 0.6) is 0 Å². The Hall–Kier alpha value is -1.41. The van der Waals surface area contributed by atoms with Crippen LogP contribution in [0.25, 0.3) is 0 Å². The highest BCUT2D eigenvalue weighted by Crippen LogP contribution is 2.30. The van der Waals surface area contributed by atoms with Crippen LogP contribution in [0.2, 0.25) is 0 Å². The summed E-state index contributed by atoms with van der Waals surface area (Å²) in [5.74, 6) is -0.989. The van der Waals surface area contributed by atoms with Crippen molar-refractivity contribution in [2.45, 2.75) is 37.3 Å². The number of H-pyrrole nitrogens is 1. The highest BCUT2D eigenvalue weighted by molar-refractivity contribution is 7.89. The number of carboxylic acids is 1. The average Bonchev–Trinajstić information content (AvgIpc) is 2.61. The van der Waals surface area contributed by atoms with Crippen LogP contribution in [0.4, 0.5) is 0 Å². The Kier molecular flexibility index (Phi) is 3.40. The van der Waals surface area contributed by atoms with Crippen molar-refractivity contribution in [2.75, 3.05) is 0 Å². The van der Waals surface area contributed by atoms with Crippen LogP contribution in [-0.4, -0.2) is 35.7 Å². The van der Waals surface area contributed by atoms with Gasteiger partial charge in [0.2, 0.25) is 0 Å². The first-order chi connectivity index (χ1) is 8.42. The summed E-state index contributed by atoms with van der Waals surface area (Å²) in [4.78, 5) is 10.9. The Bertz CT molecular complexity index is 547. The van der Waals surface area contributed by atoms with E-state index in [1.54, 1.807) is 6.92 Å². The third kappa shape index (κ3) is 2.39. The molecule has 1 aliphatic rings. The van der Waals surface area contributed by atoms with Gasteiger partial charge in [-0.3, -0.25) is 5.10 Å². The zero-order chi connectivity index (χ0) is 13.3. The van der Waals surface area contributed by atoms with Crippen LogP contribution in [0.1, 0.15) is 36.5 Å². The number of aromatic nitrogens is 2. The maximum absolute atomic E-state index is 12.0. The molecule has 8 heteroatoms. The topological polar surface area (TPSA) is 112 Å². The Balaban J connectivity index is 2.19. The van der Waals surface area contributed by atoms with Crippen molar-refractivity contribution >= 4 is 16.0 Å². The Morgan fingerprint density at radius 1 is 1.61 bits per heavy atom. The van der Waals surface area contributed by atoms with E-state index in [4.69, 9.17) is 5.11 Å². The summed E-state index contributed by atoms with van der Waals surface area (Å²) in [5.41, 5.74) is -0.344. The van der Waals surface area contributed by atoms with Crippen LogP contribution in [0.3, 0.4) is 0 Å². The molecule has 3 N–H and O–H groups in total. The van der Waals surface area contributed by atoms with E-state index in [1.807, 2.05) is 0 Å². The summed E-state index contributed by atoms with van der Waals surface area (Å²) in [6.07, 6.45) is 4.10. The first-order valence-electron chi connectivity index (χ1n) is 5.71. The minimum atomic E-state index is -3.86. The van der Waals surface area contributed by atoms with Crippen molar-refractivity contribution in [2.24, 2.45) is 5.92 Å². The molecule has 1 heterocycles. The number of carbonyl (C=O) groups is 1. The summed E-state index contributed by atoms with van der Waals surface area (Å²) >= 11 is 0. The van der Waals surface area contributed by atoms with Crippen LogP contribution in [0.15, 0.2) is 11.2 Å². The molecule has 0 aromatic carbocycles. The third-order valence-electron chi connectivity index (χ3n) is 3.30. The van der Waals surface area contributed by atoms with E-state index in [0.717, 1.165) is 25.5 Å². The number of nitrogens with one attached hydrogen (secondary N) is 2. The van der Waals surface area contributed by atoms with Gasteiger partial charge in [0.15, 0.2) is 5.03 Å². The molecule has 18 heavy (non-hydrogen) atoms. The Labute approximate surface area is 105 Å². The summed E-state index contributed by atoms with van der Waals surface area (Å²) in [6, 6.07) is -0.200. The van der Waals surface area contributed by atoms with Gasteiger partial charge in [-0.05, 0) is 25.7 Å². The number of nitrogens with zero attached hydrogens (tertiary/aromatic N) is 1. The van der Waals surface area contributed by atoms with Gasteiger partial charge in [-0.2, -0.15) is 5.10 Å². The molecule has 1 aromatic heterocycles. The van der Waals surface area contributed by atoms with E-state index in [2.05, 4.69) is 14.9 Å². The molecule has 1 aromatic rings. The van der Waals surface area contributed by atoms with E-state index in [0.29, 0.717) is 5.92 Å². The molecule has 0 radical (unpaired) electrons. The second-order valence-corrected chi connectivity index (χ2v) is 6.17. The SMILES string of the molecule is CC(NS(=O)(=O)c1[nH]ncc1C(=O)O)C1CCC1. The molecular weight excluding hydrogens is 258 g/mol. The lowest BCUT2D eigenvalue weighted by atomic mass is 9.81. The number of aromatic carboxylic acids is 1. The van der Waals surface area contributed by atoms with E-state index in [9.17, 15) is 13.2 Å². The quantitative estimate of drug-likeness (QED) is 0.726. The molecule has 0 amide bonds. The zero-order valence-electron chi connectivity index (χ0n) is 9.88. The summed E-state index contributed by atoms with van der Waals surface area (Å²) < 4.78 is 26.5. The second-order valence-electron chi connectivity index (χ2n) is 4.52. The molecular formula is C10H15N3O4S. The third-order valence-corrected chi connectivity index (χ3v) is 4.83. The fourth-order valence-electron chi connectivity index (χ4n) is 1.97. The van der Waals surface area contributed by atoms with Gasteiger partial charge in [0, 0.05) is 6.04 Å². The second kappa shape index (κ2) is 4.69. The first kappa shape index (κ1) is 13.0. The fraction of sp³-hybridized carbons (Fsp3) is 0.600. The van der Waals surface area contributed by atoms with Crippen molar-refractivity contribution in [1.29, 1.82) is 0 Å². The van der Waals surface area contributed by atoms with E-state index < -0.39 is 16.0 Å².